The molecular formula is C22H26N2O3S. The molecule has 6 heteroatoms. The fourth-order valence-electron chi connectivity index (χ4n) is 4.59. The molecule has 0 spiro atoms. The normalized spacial score (nSPS) is 23.5. The van der Waals surface area contributed by atoms with Crippen LogP contribution >= 0.6 is 0 Å². The summed E-state index contributed by atoms with van der Waals surface area (Å²) >= 11 is 0. The van der Waals surface area contributed by atoms with Crippen molar-refractivity contribution in [1.29, 1.82) is 0 Å². The first-order valence-electron chi connectivity index (χ1n) is 9.83. The van der Waals surface area contributed by atoms with Gasteiger partial charge in [0.25, 0.3) is 5.91 Å². The van der Waals surface area contributed by atoms with Crippen molar-refractivity contribution in [2.45, 2.75) is 38.3 Å². The highest BCUT2D eigenvalue weighted by atomic mass is 32.2. The molecule has 2 aliphatic carbocycles. The summed E-state index contributed by atoms with van der Waals surface area (Å²) in [6.07, 6.45) is 6.11. The summed E-state index contributed by atoms with van der Waals surface area (Å²) in [6, 6.07) is 16.6. The largest absolute Gasteiger partial charge is 0.349 e. The van der Waals surface area contributed by atoms with Crippen molar-refractivity contribution >= 4 is 21.6 Å². The summed E-state index contributed by atoms with van der Waals surface area (Å²) in [5.41, 5.74) is 2.09. The summed E-state index contributed by atoms with van der Waals surface area (Å²) < 4.78 is 25.8. The van der Waals surface area contributed by atoms with Crippen molar-refractivity contribution in [3.8, 4) is 0 Å². The van der Waals surface area contributed by atoms with E-state index >= 15 is 0 Å². The van der Waals surface area contributed by atoms with E-state index in [0.29, 0.717) is 23.2 Å². The van der Waals surface area contributed by atoms with Crippen LogP contribution < -0.4 is 9.62 Å². The van der Waals surface area contributed by atoms with E-state index in [1.54, 1.807) is 24.3 Å². The molecule has 0 radical (unpaired) electrons. The number of anilines is 1. The lowest BCUT2D eigenvalue weighted by Crippen LogP contribution is -2.38. The standard InChI is InChI=1S/C22H26N2O3S/c1-28(26,27)24(20-5-3-2-4-6-20)15-16-7-10-18(11-8-16)22(25)23-21-14-17-9-12-19(21)13-17/h2-8,10-11,17,19,21H,9,12-15H2,1H3,(H,23,25)/t17-,19-,21-/m1/s1. The first kappa shape index (κ1) is 19.0. The third-order valence-corrected chi connectivity index (χ3v) is 7.18. The highest BCUT2D eigenvalue weighted by molar-refractivity contribution is 7.92. The van der Waals surface area contributed by atoms with Crippen molar-refractivity contribution in [1.82, 2.24) is 5.32 Å². The minimum atomic E-state index is -3.41. The Labute approximate surface area is 166 Å². The maximum Gasteiger partial charge on any atom is 0.251 e. The quantitative estimate of drug-likeness (QED) is 0.809. The first-order valence-corrected chi connectivity index (χ1v) is 11.7. The van der Waals surface area contributed by atoms with E-state index in [-0.39, 0.29) is 12.5 Å². The van der Waals surface area contributed by atoms with Crippen LogP contribution in [0, 0.1) is 11.8 Å². The average molecular weight is 399 g/mol. The summed E-state index contributed by atoms with van der Waals surface area (Å²) in [5, 5.41) is 3.19. The van der Waals surface area contributed by atoms with Crippen molar-refractivity contribution < 1.29 is 13.2 Å². The van der Waals surface area contributed by atoms with Gasteiger partial charge in [0.1, 0.15) is 0 Å². The summed E-state index contributed by atoms with van der Waals surface area (Å²) in [4.78, 5) is 12.6. The van der Waals surface area contributed by atoms with E-state index in [1.165, 1.54) is 29.8 Å². The number of nitrogens with zero attached hydrogens (tertiary/aromatic N) is 1. The number of para-hydroxylation sites is 1. The van der Waals surface area contributed by atoms with Gasteiger partial charge in [-0.1, -0.05) is 36.8 Å². The third kappa shape index (κ3) is 4.07. The predicted molar refractivity (Wildman–Crippen MR) is 111 cm³/mol. The number of fused-ring (bicyclic) bond motifs is 2. The van der Waals surface area contributed by atoms with Crippen molar-refractivity contribution in [2.75, 3.05) is 10.6 Å². The Bertz CT molecular complexity index is 942. The highest BCUT2D eigenvalue weighted by Gasteiger charge is 2.40. The second-order valence-corrected chi connectivity index (χ2v) is 9.96. The number of hydrogen-bond donors (Lipinski definition) is 1. The number of amides is 1. The lowest BCUT2D eigenvalue weighted by molar-refractivity contribution is 0.0923. The van der Waals surface area contributed by atoms with Crippen LogP contribution in [0.1, 0.15) is 41.6 Å². The monoisotopic (exact) mass is 398 g/mol. The van der Waals surface area contributed by atoms with Gasteiger partial charge in [-0.25, -0.2) is 8.42 Å². The molecule has 2 aliphatic rings. The van der Waals surface area contributed by atoms with Crippen LogP contribution in [0.2, 0.25) is 0 Å². The topological polar surface area (TPSA) is 66.5 Å². The summed E-state index contributed by atoms with van der Waals surface area (Å²) in [7, 11) is -3.41. The van der Waals surface area contributed by atoms with Gasteiger partial charge < -0.3 is 5.32 Å². The van der Waals surface area contributed by atoms with Gasteiger partial charge in [0.15, 0.2) is 0 Å². The molecule has 2 saturated carbocycles. The SMILES string of the molecule is CS(=O)(=O)N(Cc1ccc(C(=O)N[C@@H]2C[C@@H]3CC[C@@H]2C3)cc1)c1ccccc1. The van der Waals surface area contributed by atoms with Crippen LogP contribution in [0.4, 0.5) is 5.69 Å². The predicted octanol–water partition coefficient (Wildman–Crippen LogP) is 3.57. The van der Waals surface area contributed by atoms with Crippen LogP contribution in [0.3, 0.4) is 0 Å². The van der Waals surface area contributed by atoms with E-state index in [2.05, 4.69) is 5.32 Å². The number of nitrogens with one attached hydrogen (secondary N) is 1. The minimum Gasteiger partial charge on any atom is -0.349 e. The molecule has 0 aliphatic heterocycles. The zero-order valence-corrected chi connectivity index (χ0v) is 16.9. The van der Waals surface area contributed by atoms with Gasteiger partial charge in [-0.05, 0) is 60.9 Å². The molecule has 1 amide bonds. The molecule has 0 heterocycles. The number of carbonyl (C=O) groups is 1. The number of rotatable bonds is 6. The fourth-order valence-corrected chi connectivity index (χ4v) is 5.48. The Morgan fingerprint density at radius 2 is 1.75 bits per heavy atom. The zero-order chi connectivity index (χ0) is 19.7. The van der Waals surface area contributed by atoms with Gasteiger partial charge in [-0.15, -0.1) is 0 Å². The van der Waals surface area contributed by atoms with Gasteiger partial charge in [0.05, 0.1) is 18.5 Å². The van der Waals surface area contributed by atoms with E-state index < -0.39 is 10.0 Å². The molecular weight excluding hydrogens is 372 g/mol. The highest BCUT2D eigenvalue weighted by Crippen LogP contribution is 2.44. The van der Waals surface area contributed by atoms with E-state index in [0.717, 1.165) is 17.9 Å². The van der Waals surface area contributed by atoms with Crippen molar-refractivity contribution in [2.24, 2.45) is 11.8 Å². The minimum absolute atomic E-state index is 0.0351. The second kappa shape index (κ2) is 7.59. The smallest absolute Gasteiger partial charge is 0.251 e. The summed E-state index contributed by atoms with van der Waals surface area (Å²) in [6.45, 7) is 0.233. The zero-order valence-electron chi connectivity index (χ0n) is 16.0. The molecule has 148 valence electrons. The van der Waals surface area contributed by atoms with E-state index in [4.69, 9.17) is 0 Å². The van der Waals surface area contributed by atoms with Crippen molar-refractivity contribution in [3.63, 3.8) is 0 Å². The van der Waals surface area contributed by atoms with Crippen LogP contribution in [0.5, 0.6) is 0 Å². The molecule has 0 unspecified atom stereocenters. The van der Waals surface area contributed by atoms with Gasteiger partial charge in [-0.3, -0.25) is 9.10 Å². The Kier molecular flexibility index (Phi) is 5.15. The molecule has 3 atom stereocenters. The number of benzene rings is 2. The third-order valence-electron chi connectivity index (χ3n) is 6.04. The number of hydrogen-bond acceptors (Lipinski definition) is 3. The van der Waals surface area contributed by atoms with Gasteiger partial charge in [0.2, 0.25) is 10.0 Å². The average Bonchev–Trinajstić information content (AvgIpc) is 3.29. The second-order valence-electron chi connectivity index (χ2n) is 8.06. The molecule has 4 rings (SSSR count). The summed E-state index contributed by atoms with van der Waals surface area (Å²) in [5.74, 6) is 1.40. The first-order chi connectivity index (χ1) is 13.4. The Morgan fingerprint density at radius 1 is 1.04 bits per heavy atom. The molecule has 0 saturated heterocycles. The molecule has 1 N–H and O–H groups in total. The van der Waals surface area contributed by atoms with Gasteiger partial charge >= 0.3 is 0 Å². The lowest BCUT2D eigenvalue weighted by atomic mass is 9.95. The van der Waals surface area contributed by atoms with E-state index in [9.17, 15) is 13.2 Å². The number of carbonyl (C=O) groups excluding carboxylic acids is 1. The number of sulfonamides is 1. The van der Waals surface area contributed by atoms with Crippen LogP contribution in [0.15, 0.2) is 54.6 Å². The van der Waals surface area contributed by atoms with Gasteiger partial charge in [0, 0.05) is 11.6 Å². The molecule has 2 fully saturated rings. The Hall–Kier alpha value is -2.34. The van der Waals surface area contributed by atoms with E-state index in [1.807, 2.05) is 30.3 Å². The van der Waals surface area contributed by atoms with Gasteiger partial charge in [-0.2, -0.15) is 0 Å². The van der Waals surface area contributed by atoms with Crippen LogP contribution in [-0.4, -0.2) is 26.6 Å². The fraction of sp³-hybridized carbons (Fsp3) is 0.409. The molecule has 2 bridgehead atoms. The lowest BCUT2D eigenvalue weighted by Gasteiger charge is -2.23. The molecule has 28 heavy (non-hydrogen) atoms. The molecule has 0 aromatic heterocycles. The van der Waals surface area contributed by atoms with Crippen LogP contribution in [-0.2, 0) is 16.6 Å². The Morgan fingerprint density at radius 3 is 2.32 bits per heavy atom. The Balaban J connectivity index is 1.44. The van der Waals surface area contributed by atoms with Crippen molar-refractivity contribution in [3.05, 3.63) is 65.7 Å². The molecule has 2 aromatic carbocycles. The molecule has 2 aromatic rings. The van der Waals surface area contributed by atoms with Crippen LogP contribution in [0.25, 0.3) is 0 Å². The maximum absolute atomic E-state index is 12.6. The molecule has 5 nitrogen and oxygen atoms in total. The maximum atomic E-state index is 12.6.